The van der Waals surface area contributed by atoms with Crippen LogP contribution in [0, 0.1) is 0 Å². The van der Waals surface area contributed by atoms with Gasteiger partial charge < -0.3 is 10.4 Å². The van der Waals surface area contributed by atoms with Crippen LogP contribution in [0.2, 0.25) is 0 Å². The highest BCUT2D eigenvalue weighted by Crippen LogP contribution is 1.95. The first kappa shape index (κ1) is 9.87. The molecular formula is C5H13NO3S. The lowest BCUT2D eigenvalue weighted by Gasteiger charge is -2.09. The zero-order valence-electron chi connectivity index (χ0n) is 6.16. The zero-order chi connectivity index (χ0) is 8.20. The number of aliphatic hydroxyl groups is 1. The van der Waals surface area contributed by atoms with E-state index in [-0.39, 0.29) is 12.4 Å². The van der Waals surface area contributed by atoms with Gasteiger partial charge in [-0.05, 0) is 14.0 Å². The van der Waals surface area contributed by atoms with E-state index in [1.54, 1.807) is 14.0 Å². The first-order valence-electron chi connectivity index (χ1n) is 3.04. The fourth-order valence-electron chi connectivity index (χ4n) is 0.484. The number of aliphatic hydroxyl groups excluding tert-OH is 1. The highest BCUT2D eigenvalue weighted by atomic mass is 32.2. The highest BCUT2D eigenvalue weighted by Gasteiger charge is 2.17. The second-order valence-corrected chi connectivity index (χ2v) is 4.46. The molecular weight excluding hydrogens is 154 g/mol. The van der Waals surface area contributed by atoms with Crippen LogP contribution in [0.3, 0.4) is 0 Å². The Bertz CT molecular complexity index is 175. The summed E-state index contributed by atoms with van der Waals surface area (Å²) in [6.07, 6.45) is 0. The van der Waals surface area contributed by atoms with Crippen LogP contribution in [0.25, 0.3) is 0 Å². The van der Waals surface area contributed by atoms with Crippen LogP contribution in [0.5, 0.6) is 0 Å². The Morgan fingerprint density at radius 2 is 2.10 bits per heavy atom. The minimum Gasteiger partial charge on any atom is -0.395 e. The molecule has 0 aliphatic rings. The minimum atomic E-state index is -3.12. The van der Waals surface area contributed by atoms with Crippen molar-refractivity contribution in [1.82, 2.24) is 5.32 Å². The molecule has 0 saturated carbocycles. The Kier molecular flexibility index (Phi) is 3.85. The van der Waals surface area contributed by atoms with Crippen LogP contribution in [-0.2, 0) is 9.84 Å². The van der Waals surface area contributed by atoms with Gasteiger partial charge in [-0.3, -0.25) is 0 Å². The molecule has 0 aliphatic heterocycles. The van der Waals surface area contributed by atoms with Gasteiger partial charge in [0.15, 0.2) is 9.84 Å². The van der Waals surface area contributed by atoms with Gasteiger partial charge in [0.2, 0.25) is 0 Å². The summed E-state index contributed by atoms with van der Waals surface area (Å²) >= 11 is 0. The summed E-state index contributed by atoms with van der Waals surface area (Å²) in [6.45, 7) is 1.24. The third-order valence-corrected chi connectivity index (χ3v) is 3.39. The fraction of sp³-hybridized carbons (Fsp3) is 1.00. The van der Waals surface area contributed by atoms with Gasteiger partial charge in [0.25, 0.3) is 0 Å². The first-order chi connectivity index (χ1) is 4.54. The SMILES string of the molecule is CNC(C)S(=O)(=O)CCO. The first-order valence-corrected chi connectivity index (χ1v) is 4.76. The van der Waals surface area contributed by atoms with Crippen LogP contribution in [-0.4, -0.2) is 38.3 Å². The van der Waals surface area contributed by atoms with E-state index >= 15 is 0 Å². The molecule has 0 amide bonds. The number of hydrogen-bond acceptors (Lipinski definition) is 4. The van der Waals surface area contributed by atoms with Crippen molar-refractivity contribution in [1.29, 1.82) is 0 Å². The highest BCUT2D eigenvalue weighted by molar-refractivity contribution is 7.91. The Labute approximate surface area is 61.2 Å². The molecule has 0 heterocycles. The summed E-state index contributed by atoms with van der Waals surface area (Å²) < 4.78 is 21.9. The van der Waals surface area contributed by atoms with Crippen molar-refractivity contribution in [3.63, 3.8) is 0 Å². The van der Waals surface area contributed by atoms with Crippen molar-refractivity contribution in [2.75, 3.05) is 19.4 Å². The Morgan fingerprint density at radius 1 is 1.60 bits per heavy atom. The smallest absolute Gasteiger partial charge is 0.168 e. The van der Waals surface area contributed by atoms with E-state index in [0.29, 0.717) is 0 Å². The largest absolute Gasteiger partial charge is 0.395 e. The van der Waals surface area contributed by atoms with E-state index in [1.165, 1.54) is 0 Å². The third-order valence-electron chi connectivity index (χ3n) is 1.32. The van der Waals surface area contributed by atoms with E-state index < -0.39 is 15.2 Å². The van der Waals surface area contributed by atoms with Crippen LogP contribution in [0.1, 0.15) is 6.92 Å². The number of rotatable bonds is 4. The number of hydrogen-bond donors (Lipinski definition) is 2. The average molecular weight is 167 g/mol. The normalized spacial score (nSPS) is 15.1. The number of sulfone groups is 1. The molecule has 2 N–H and O–H groups in total. The van der Waals surface area contributed by atoms with Crippen LogP contribution in [0.4, 0.5) is 0 Å². The van der Waals surface area contributed by atoms with Crippen molar-refractivity contribution >= 4 is 9.84 Å². The summed E-state index contributed by atoms with van der Waals surface area (Å²) in [6, 6.07) is 0. The molecule has 0 saturated heterocycles. The second-order valence-electron chi connectivity index (χ2n) is 2.02. The van der Waals surface area contributed by atoms with Crippen molar-refractivity contribution in [3.8, 4) is 0 Å². The van der Waals surface area contributed by atoms with E-state index in [2.05, 4.69) is 5.32 Å². The van der Waals surface area contributed by atoms with E-state index in [9.17, 15) is 8.42 Å². The molecule has 62 valence electrons. The molecule has 1 unspecified atom stereocenters. The number of nitrogens with one attached hydrogen (secondary N) is 1. The Hall–Kier alpha value is -0.130. The maximum Gasteiger partial charge on any atom is 0.168 e. The summed E-state index contributed by atoms with van der Waals surface area (Å²) in [7, 11) is -1.55. The molecule has 0 aromatic rings. The molecule has 0 spiro atoms. The standard InChI is InChI=1S/C5H13NO3S/c1-5(6-2)10(8,9)4-3-7/h5-7H,3-4H2,1-2H3. The molecule has 5 heteroatoms. The Balaban J connectivity index is 4.12. The molecule has 0 aliphatic carbocycles. The van der Waals surface area contributed by atoms with Crippen molar-refractivity contribution < 1.29 is 13.5 Å². The predicted molar refractivity (Wildman–Crippen MR) is 39.4 cm³/mol. The summed E-state index contributed by atoms with van der Waals surface area (Å²) in [5, 5.41) is 10.4. The van der Waals surface area contributed by atoms with Crippen LogP contribution in [0.15, 0.2) is 0 Å². The quantitative estimate of drug-likeness (QED) is 0.561. The third kappa shape index (κ3) is 2.64. The van der Waals surface area contributed by atoms with E-state index in [0.717, 1.165) is 0 Å². The second kappa shape index (κ2) is 3.90. The van der Waals surface area contributed by atoms with E-state index in [4.69, 9.17) is 5.11 Å². The fourth-order valence-corrected chi connectivity index (χ4v) is 1.45. The summed E-state index contributed by atoms with van der Waals surface area (Å²) in [5.41, 5.74) is 0. The van der Waals surface area contributed by atoms with Gasteiger partial charge in [-0.1, -0.05) is 0 Å². The summed E-state index contributed by atoms with van der Waals surface area (Å²) in [5.74, 6) is -0.172. The van der Waals surface area contributed by atoms with Gasteiger partial charge >= 0.3 is 0 Å². The predicted octanol–water partition coefficient (Wildman–Crippen LogP) is -1.04. The van der Waals surface area contributed by atoms with Gasteiger partial charge in [-0.15, -0.1) is 0 Å². The molecule has 0 bridgehead atoms. The maximum absolute atomic E-state index is 10.9. The minimum absolute atomic E-state index is 0.172. The molecule has 4 nitrogen and oxygen atoms in total. The van der Waals surface area contributed by atoms with Crippen molar-refractivity contribution in [2.24, 2.45) is 0 Å². The molecule has 0 aromatic carbocycles. The maximum atomic E-state index is 10.9. The van der Waals surface area contributed by atoms with Gasteiger partial charge in [0, 0.05) is 0 Å². The van der Waals surface area contributed by atoms with Crippen molar-refractivity contribution in [3.05, 3.63) is 0 Å². The average Bonchev–Trinajstić information content (AvgIpc) is 1.86. The monoisotopic (exact) mass is 167 g/mol. The topological polar surface area (TPSA) is 66.4 Å². The van der Waals surface area contributed by atoms with Gasteiger partial charge in [-0.2, -0.15) is 0 Å². The zero-order valence-corrected chi connectivity index (χ0v) is 6.98. The molecule has 0 fully saturated rings. The molecule has 0 radical (unpaired) electrons. The molecule has 0 aromatic heterocycles. The van der Waals surface area contributed by atoms with Gasteiger partial charge in [0.1, 0.15) is 5.37 Å². The van der Waals surface area contributed by atoms with Crippen LogP contribution >= 0.6 is 0 Å². The molecule has 0 rings (SSSR count). The van der Waals surface area contributed by atoms with Crippen molar-refractivity contribution in [2.45, 2.75) is 12.3 Å². The van der Waals surface area contributed by atoms with E-state index in [1.807, 2.05) is 0 Å². The van der Waals surface area contributed by atoms with Crippen LogP contribution < -0.4 is 5.32 Å². The molecule has 10 heavy (non-hydrogen) atoms. The lowest BCUT2D eigenvalue weighted by Crippen LogP contribution is -2.33. The lowest BCUT2D eigenvalue weighted by atomic mass is 10.8. The van der Waals surface area contributed by atoms with Gasteiger partial charge in [0.05, 0.1) is 12.4 Å². The summed E-state index contributed by atoms with van der Waals surface area (Å²) in [4.78, 5) is 0. The lowest BCUT2D eigenvalue weighted by molar-refractivity contribution is 0.319. The Morgan fingerprint density at radius 3 is 2.40 bits per heavy atom. The molecule has 1 atom stereocenters. The van der Waals surface area contributed by atoms with Gasteiger partial charge in [-0.25, -0.2) is 8.42 Å².